The van der Waals surface area contributed by atoms with Crippen LogP contribution in [0.3, 0.4) is 0 Å². The highest BCUT2D eigenvalue weighted by Gasteiger charge is 2.37. The van der Waals surface area contributed by atoms with Gasteiger partial charge in [0.25, 0.3) is 0 Å². The Kier molecular flexibility index (Phi) is 6.12. The number of nitrogens with zero attached hydrogens (tertiary/aromatic N) is 5. The minimum absolute atomic E-state index is 0.0235. The predicted octanol–water partition coefficient (Wildman–Crippen LogP) is 4.93. The molecule has 2 saturated carbocycles. The van der Waals surface area contributed by atoms with E-state index >= 15 is 0 Å². The van der Waals surface area contributed by atoms with E-state index in [1.54, 1.807) is 12.6 Å². The van der Waals surface area contributed by atoms with Crippen molar-refractivity contribution in [1.29, 1.82) is 0 Å². The molecule has 1 aliphatic heterocycles. The third kappa shape index (κ3) is 4.80. The molecule has 39 heavy (non-hydrogen) atoms. The van der Waals surface area contributed by atoms with Gasteiger partial charge in [-0.25, -0.2) is 0 Å². The number of pyridine rings is 1. The molecule has 0 radical (unpaired) electrons. The molecule has 8 nitrogen and oxygen atoms in total. The van der Waals surface area contributed by atoms with Crippen LogP contribution in [0.5, 0.6) is 0 Å². The number of hydrogen-bond acceptors (Lipinski definition) is 7. The molecular formula is C31H35N5O3. The normalized spacial score (nSPS) is 20.9. The molecule has 1 aromatic carbocycles. The fourth-order valence-electron chi connectivity index (χ4n) is 6.17. The largest absolute Gasteiger partial charge is 0.463 e. The van der Waals surface area contributed by atoms with Crippen molar-refractivity contribution in [3.05, 3.63) is 75.3 Å². The Morgan fingerprint density at radius 2 is 1.97 bits per heavy atom. The van der Waals surface area contributed by atoms with Gasteiger partial charge in [0.2, 0.25) is 5.43 Å². The minimum atomic E-state index is -0.0235. The third-order valence-electron chi connectivity index (χ3n) is 8.47. The van der Waals surface area contributed by atoms with E-state index in [4.69, 9.17) is 14.1 Å². The van der Waals surface area contributed by atoms with E-state index in [1.165, 1.54) is 18.4 Å². The monoisotopic (exact) mass is 525 g/mol. The van der Waals surface area contributed by atoms with E-state index in [0.29, 0.717) is 34.1 Å². The summed E-state index contributed by atoms with van der Waals surface area (Å²) in [5, 5.41) is 9.26. The molecule has 0 unspecified atom stereocenters. The Hall–Kier alpha value is -3.36. The van der Waals surface area contributed by atoms with E-state index in [9.17, 15) is 4.79 Å². The summed E-state index contributed by atoms with van der Waals surface area (Å²) < 4.78 is 13.9. The highest BCUT2D eigenvalue weighted by molar-refractivity contribution is 5.84. The van der Waals surface area contributed by atoms with Crippen molar-refractivity contribution in [2.45, 2.75) is 64.0 Å². The molecule has 0 spiro atoms. The van der Waals surface area contributed by atoms with Gasteiger partial charge in [-0.05, 0) is 80.3 Å². The Labute approximate surface area is 228 Å². The fourth-order valence-corrected chi connectivity index (χ4v) is 6.17. The van der Waals surface area contributed by atoms with Crippen LogP contribution in [0.25, 0.3) is 22.2 Å². The van der Waals surface area contributed by atoms with Crippen LogP contribution >= 0.6 is 0 Å². The van der Waals surface area contributed by atoms with Gasteiger partial charge < -0.3 is 13.7 Å². The van der Waals surface area contributed by atoms with E-state index in [0.717, 1.165) is 61.7 Å². The lowest BCUT2D eigenvalue weighted by molar-refractivity contribution is -0.0212. The van der Waals surface area contributed by atoms with Crippen molar-refractivity contribution in [3.8, 4) is 11.3 Å². The zero-order chi connectivity index (χ0) is 26.7. The van der Waals surface area contributed by atoms with Crippen molar-refractivity contribution in [3.63, 3.8) is 0 Å². The number of aromatic nitrogens is 4. The van der Waals surface area contributed by atoms with Gasteiger partial charge >= 0.3 is 0 Å². The number of ether oxygens (including phenoxy) is 1. The van der Waals surface area contributed by atoms with Gasteiger partial charge in [0, 0.05) is 44.2 Å². The topological polar surface area (TPSA) is 86.3 Å². The maximum Gasteiger partial charge on any atom is 0.202 e. The summed E-state index contributed by atoms with van der Waals surface area (Å²) in [5.74, 6) is 2.12. The summed E-state index contributed by atoms with van der Waals surface area (Å²) in [6.45, 7) is 7.43. The van der Waals surface area contributed by atoms with E-state index in [2.05, 4.69) is 40.2 Å². The van der Waals surface area contributed by atoms with Crippen LogP contribution in [0, 0.1) is 12.8 Å². The quantitative estimate of drug-likeness (QED) is 0.338. The lowest BCUT2D eigenvalue weighted by Crippen LogP contribution is -2.40. The van der Waals surface area contributed by atoms with Crippen LogP contribution < -0.4 is 5.43 Å². The summed E-state index contributed by atoms with van der Waals surface area (Å²) in [5.41, 5.74) is 6.19. The SMILES string of the molecule is Cc1cc(CN2CCO[C@H](C)C2)cc2c(=O)c(-c3cc([C@@H](c4nncn4C)C4CC4)cc(C4CC4)n3)coc12. The zero-order valence-electron chi connectivity index (χ0n) is 22.9. The molecular weight excluding hydrogens is 490 g/mol. The second-order valence-electron chi connectivity index (χ2n) is 11.8. The first kappa shape index (κ1) is 24.7. The van der Waals surface area contributed by atoms with Crippen LogP contribution in [0.2, 0.25) is 0 Å². The van der Waals surface area contributed by atoms with Crippen LogP contribution in [-0.4, -0.2) is 50.4 Å². The first-order chi connectivity index (χ1) is 18.9. The second-order valence-corrected chi connectivity index (χ2v) is 11.8. The Balaban J connectivity index is 1.31. The van der Waals surface area contributed by atoms with Gasteiger partial charge in [-0.1, -0.05) is 6.07 Å². The summed E-state index contributed by atoms with van der Waals surface area (Å²) in [4.78, 5) is 21.4. The molecule has 202 valence electrons. The number of benzene rings is 1. The highest BCUT2D eigenvalue weighted by atomic mass is 16.5. The molecule has 3 fully saturated rings. The molecule has 0 amide bonds. The highest BCUT2D eigenvalue weighted by Crippen LogP contribution is 2.48. The van der Waals surface area contributed by atoms with Crippen molar-refractivity contribution in [1.82, 2.24) is 24.6 Å². The average molecular weight is 526 g/mol. The van der Waals surface area contributed by atoms with Crippen LogP contribution in [0.4, 0.5) is 0 Å². The molecule has 1 saturated heterocycles. The Bertz CT molecular complexity index is 1600. The van der Waals surface area contributed by atoms with Gasteiger partial charge in [0.05, 0.1) is 29.4 Å². The predicted molar refractivity (Wildman–Crippen MR) is 149 cm³/mol. The number of hydrogen-bond donors (Lipinski definition) is 0. The first-order valence-corrected chi connectivity index (χ1v) is 14.2. The van der Waals surface area contributed by atoms with Crippen molar-refractivity contribution >= 4 is 11.0 Å². The van der Waals surface area contributed by atoms with Gasteiger partial charge in [0.1, 0.15) is 24.0 Å². The summed E-state index contributed by atoms with van der Waals surface area (Å²) >= 11 is 0. The molecule has 3 aromatic heterocycles. The van der Waals surface area contributed by atoms with E-state index < -0.39 is 0 Å². The smallest absolute Gasteiger partial charge is 0.202 e. The first-order valence-electron chi connectivity index (χ1n) is 14.2. The molecule has 2 atom stereocenters. The Morgan fingerprint density at radius 1 is 1.13 bits per heavy atom. The minimum Gasteiger partial charge on any atom is -0.463 e. The lowest BCUT2D eigenvalue weighted by atomic mass is 9.91. The van der Waals surface area contributed by atoms with Gasteiger partial charge in [0.15, 0.2) is 0 Å². The molecule has 4 heterocycles. The van der Waals surface area contributed by atoms with Crippen LogP contribution in [0.1, 0.15) is 72.7 Å². The third-order valence-corrected chi connectivity index (χ3v) is 8.47. The molecule has 8 heteroatoms. The number of aryl methyl sites for hydroxylation is 2. The summed E-state index contributed by atoms with van der Waals surface area (Å²) in [6, 6.07) is 8.48. The van der Waals surface area contributed by atoms with E-state index in [1.807, 2.05) is 24.6 Å². The summed E-state index contributed by atoms with van der Waals surface area (Å²) in [6.07, 6.45) is 8.23. The number of rotatable bonds is 7. The molecule has 3 aliphatic rings. The molecule has 0 bridgehead atoms. The summed E-state index contributed by atoms with van der Waals surface area (Å²) in [7, 11) is 2.00. The maximum atomic E-state index is 14.0. The van der Waals surface area contributed by atoms with Crippen LogP contribution in [0.15, 0.2) is 46.1 Å². The maximum absolute atomic E-state index is 14.0. The molecule has 0 N–H and O–H groups in total. The van der Waals surface area contributed by atoms with Crippen LogP contribution in [-0.2, 0) is 18.3 Å². The van der Waals surface area contributed by atoms with Crippen molar-refractivity contribution in [2.24, 2.45) is 13.0 Å². The van der Waals surface area contributed by atoms with Crippen molar-refractivity contribution in [2.75, 3.05) is 19.7 Å². The van der Waals surface area contributed by atoms with Gasteiger partial charge in [-0.2, -0.15) is 0 Å². The molecule has 2 aliphatic carbocycles. The molecule has 7 rings (SSSR count). The molecule has 4 aromatic rings. The second kappa shape index (κ2) is 9.68. The number of fused-ring (bicyclic) bond motifs is 1. The zero-order valence-corrected chi connectivity index (χ0v) is 22.9. The fraction of sp³-hybridized carbons (Fsp3) is 0.484. The number of morpholine rings is 1. The van der Waals surface area contributed by atoms with Gasteiger partial charge in [-0.15, -0.1) is 10.2 Å². The van der Waals surface area contributed by atoms with E-state index in [-0.39, 0.29) is 17.5 Å². The van der Waals surface area contributed by atoms with Crippen molar-refractivity contribution < 1.29 is 9.15 Å². The van der Waals surface area contributed by atoms with Gasteiger partial charge in [-0.3, -0.25) is 14.7 Å². The Morgan fingerprint density at radius 3 is 2.69 bits per heavy atom. The average Bonchev–Trinajstić information content (AvgIpc) is 3.84. The standard InChI is InChI=1S/C31H35N5O3/c1-18-10-20(15-36-8-9-38-19(2)14-36)11-24-29(37)25(16-39-30(18)24)27-13-23(12-26(33-27)21-4-5-21)28(22-6-7-22)31-34-32-17-35(31)3/h10-13,16-17,19,21-22,28H,4-9,14-15H2,1-3H3/t19-,28+/m1/s1. The lowest BCUT2D eigenvalue weighted by Gasteiger charge is -2.31.